The van der Waals surface area contributed by atoms with Gasteiger partial charge < -0.3 is 9.84 Å². The first kappa shape index (κ1) is 22.1. The number of hydrogen-bond donors (Lipinski definition) is 1. The Kier molecular flexibility index (Phi) is 5.21. The van der Waals surface area contributed by atoms with Gasteiger partial charge in [-0.15, -0.1) is 11.3 Å². The van der Waals surface area contributed by atoms with Gasteiger partial charge in [-0.1, -0.05) is 42.5 Å². The minimum Gasteiger partial charge on any atom is -0.489 e. The van der Waals surface area contributed by atoms with E-state index in [4.69, 9.17) is 4.74 Å². The molecule has 4 saturated carbocycles. The Labute approximate surface area is 215 Å². The van der Waals surface area contributed by atoms with Gasteiger partial charge >= 0.3 is 5.97 Å². The Morgan fingerprint density at radius 2 is 1.61 bits per heavy atom. The molecule has 4 aromatic rings. The van der Waals surface area contributed by atoms with E-state index >= 15 is 0 Å². The van der Waals surface area contributed by atoms with Crippen molar-refractivity contribution < 1.29 is 14.6 Å². The SMILES string of the molecule is O=C(O)c1sccc1-c1ccc2cc(OCc3ccccc3)c(C34CC5CC(CC(C5)C3)C4)cc2c1. The summed E-state index contributed by atoms with van der Waals surface area (Å²) in [5, 5.41) is 13.8. The largest absolute Gasteiger partial charge is 0.489 e. The van der Waals surface area contributed by atoms with Crippen LogP contribution in [0.15, 0.2) is 72.1 Å². The smallest absolute Gasteiger partial charge is 0.346 e. The van der Waals surface area contributed by atoms with Gasteiger partial charge in [0.05, 0.1) is 0 Å². The zero-order valence-electron chi connectivity index (χ0n) is 20.3. The van der Waals surface area contributed by atoms with E-state index in [2.05, 4.69) is 48.5 Å². The van der Waals surface area contributed by atoms with Crippen LogP contribution in [0.2, 0.25) is 0 Å². The van der Waals surface area contributed by atoms with Crippen LogP contribution in [0.4, 0.5) is 0 Å². The Morgan fingerprint density at radius 3 is 2.31 bits per heavy atom. The van der Waals surface area contributed by atoms with Crippen LogP contribution in [-0.4, -0.2) is 11.1 Å². The highest BCUT2D eigenvalue weighted by molar-refractivity contribution is 7.12. The highest BCUT2D eigenvalue weighted by Gasteiger charge is 2.52. The van der Waals surface area contributed by atoms with E-state index in [1.54, 1.807) is 0 Å². The Hall–Kier alpha value is -3.11. The van der Waals surface area contributed by atoms with Gasteiger partial charge in [-0.3, -0.25) is 0 Å². The lowest BCUT2D eigenvalue weighted by molar-refractivity contribution is -0.00640. The number of hydrogen-bond acceptors (Lipinski definition) is 3. The van der Waals surface area contributed by atoms with Gasteiger partial charge in [0.15, 0.2) is 0 Å². The molecule has 0 spiro atoms. The lowest BCUT2D eigenvalue weighted by atomic mass is 9.48. The predicted molar refractivity (Wildman–Crippen MR) is 145 cm³/mol. The standard InChI is InChI=1S/C32H30O3S/c33-31(34)30-27(8-9-36-30)25-7-6-24-15-29(35-19-20-4-2-1-3-5-20)28(14-26(24)13-25)32-16-21-10-22(17-32)12-23(11-21)18-32/h1-9,13-15,21-23H,10-12,16-19H2,(H,33,34). The number of ether oxygens (including phenoxy) is 1. The second kappa shape index (κ2) is 8.48. The number of thiophene rings is 1. The van der Waals surface area contributed by atoms with Crippen molar-refractivity contribution in [2.75, 3.05) is 0 Å². The molecule has 1 heterocycles. The van der Waals surface area contributed by atoms with E-state index in [1.807, 2.05) is 23.6 Å². The first-order valence-corrected chi connectivity index (χ1v) is 14.0. The summed E-state index contributed by atoms with van der Waals surface area (Å²) in [5.74, 6) is 2.72. The summed E-state index contributed by atoms with van der Waals surface area (Å²) >= 11 is 1.29. The number of fused-ring (bicyclic) bond motifs is 1. The molecule has 4 heteroatoms. The minimum atomic E-state index is -0.862. The van der Waals surface area contributed by atoms with E-state index in [9.17, 15) is 9.90 Å². The summed E-state index contributed by atoms with van der Waals surface area (Å²) in [6, 6.07) is 23.3. The van der Waals surface area contributed by atoms with E-state index in [0.717, 1.165) is 40.0 Å². The molecule has 0 saturated heterocycles. The highest BCUT2D eigenvalue weighted by Crippen LogP contribution is 2.62. The molecule has 4 fully saturated rings. The third-order valence-electron chi connectivity index (χ3n) is 8.96. The highest BCUT2D eigenvalue weighted by atomic mass is 32.1. The lowest BCUT2D eigenvalue weighted by Crippen LogP contribution is -2.48. The van der Waals surface area contributed by atoms with Crippen LogP contribution in [0, 0.1) is 17.8 Å². The molecule has 0 amide bonds. The molecule has 1 aromatic heterocycles. The minimum absolute atomic E-state index is 0.208. The van der Waals surface area contributed by atoms with Crippen molar-refractivity contribution in [1.29, 1.82) is 0 Å². The molecule has 8 rings (SSSR count). The molecular formula is C32H30O3S. The monoisotopic (exact) mass is 494 g/mol. The van der Waals surface area contributed by atoms with Crippen molar-refractivity contribution in [2.45, 2.75) is 50.5 Å². The zero-order chi connectivity index (χ0) is 24.3. The van der Waals surface area contributed by atoms with Crippen molar-refractivity contribution >= 4 is 28.1 Å². The van der Waals surface area contributed by atoms with Crippen LogP contribution >= 0.6 is 11.3 Å². The quantitative estimate of drug-likeness (QED) is 0.293. The Bertz CT molecular complexity index is 1420. The average molecular weight is 495 g/mol. The molecule has 4 aliphatic carbocycles. The molecule has 3 nitrogen and oxygen atoms in total. The summed E-state index contributed by atoms with van der Waals surface area (Å²) in [5.41, 5.74) is 4.54. The maximum absolute atomic E-state index is 11.8. The van der Waals surface area contributed by atoms with Crippen LogP contribution in [0.25, 0.3) is 21.9 Å². The van der Waals surface area contributed by atoms with Gasteiger partial charge in [0.2, 0.25) is 0 Å². The van der Waals surface area contributed by atoms with Gasteiger partial charge in [-0.2, -0.15) is 0 Å². The maximum atomic E-state index is 11.8. The average Bonchev–Trinajstić information content (AvgIpc) is 3.37. The molecular weight excluding hydrogens is 464 g/mol. The summed E-state index contributed by atoms with van der Waals surface area (Å²) in [4.78, 5) is 12.2. The van der Waals surface area contributed by atoms with Gasteiger partial charge in [-0.05, 0) is 113 Å². The van der Waals surface area contributed by atoms with E-state index in [0.29, 0.717) is 11.5 Å². The molecule has 36 heavy (non-hydrogen) atoms. The number of rotatable bonds is 6. The van der Waals surface area contributed by atoms with E-state index < -0.39 is 5.97 Å². The molecule has 4 bridgehead atoms. The molecule has 3 aromatic carbocycles. The van der Waals surface area contributed by atoms with Gasteiger partial charge in [0.25, 0.3) is 0 Å². The zero-order valence-corrected chi connectivity index (χ0v) is 21.1. The summed E-state index contributed by atoms with van der Waals surface area (Å²) in [7, 11) is 0. The first-order valence-electron chi connectivity index (χ1n) is 13.1. The predicted octanol–water partition coefficient (Wildman–Crippen LogP) is 8.31. The number of carboxylic acid groups (broad SMARTS) is 1. The topological polar surface area (TPSA) is 46.5 Å². The molecule has 0 radical (unpaired) electrons. The molecule has 1 N–H and O–H groups in total. The summed E-state index contributed by atoms with van der Waals surface area (Å²) in [6.45, 7) is 0.570. The molecule has 0 unspecified atom stereocenters. The molecule has 4 aliphatic rings. The number of aromatic carboxylic acids is 1. The third kappa shape index (κ3) is 3.74. The van der Waals surface area contributed by atoms with E-state index in [1.165, 1.54) is 66.4 Å². The number of carboxylic acids is 1. The number of benzene rings is 3. The molecule has 182 valence electrons. The van der Waals surface area contributed by atoms with Crippen molar-refractivity contribution in [3.63, 3.8) is 0 Å². The maximum Gasteiger partial charge on any atom is 0.346 e. The fourth-order valence-corrected chi connectivity index (χ4v) is 8.61. The summed E-state index contributed by atoms with van der Waals surface area (Å²) < 4.78 is 6.60. The normalized spacial score (nSPS) is 26.4. The van der Waals surface area contributed by atoms with Crippen molar-refractivity contribution in [3.05, 3.63) is 88.1 Å². The van der Waals surface area contributed by atoms with Crippen LogP contribution < -0.4 is 4.74 Å². The van der Waals surface area contributed by atoms with Crippen LogP contribution in [0.1, 0.15) is 59.3 Å². The second-order valence-corrected chi connectivity index (χ2v) is 12.3. The summed E-state index contributed by atoms with van der Waals surface area (Å²) in [6.07, 6.45) is 8.06. The van der Waals surface area contributed by atoms with Crippen LogP contribution in [0.5, 0.6) is 5.75 Å². The van der Waals surface area contributed by atoms with Crippen molar-refractivity contribution in [2.24, 2.45) is 17.8 Å². The molecule has 0 atom stereocenters. The Balaban J connectivity index is 1.34. The molecule has 0 aliphatic heterocycles. The first-order chi connectivity index (χ1) is 17.6. The fraction of sp³-hybridized carbons (Fsp3) is 0.344. The Morgan fingerprint density at radius 1 is 0.889 bits per heavy atom. The third-order valence-corrected chi connectivity index (χ3v) is 9.86. The van der Waals surface area contributed by atoms with E-state index in [-0.39, 0.29) is 5.41 Å². The van der Waals surface area contributed by atoms with Crippen LogP contribution in [-0.2, 0) is 12.0 Å². The fourth-order valence-electron chi connectivity index (χ4n) is 7.86. The van der Waals surface area contributed by atoms with Crippen molar-refractivity contribution in [1.82, 2.24) is 0 Å². The number of carbonyl (C=O) groups is 1. The van der Waals surface area contributed by atoms with Gasteiger partial charge in [0, 0.05) is 11.1 Å². The van der Waals surface area contributed by atoms with Crippen LogP contribution in [0.3, 0.4) is 0 Å². The second-order valence-electron chi connectivity index (χ2n) is 11.4. The van der Waals surface area contributed by atoms with Gasteiger partial charge in [0.1, 0.15) is 17.2 Å². The lowest BCUT2D eigenvalue weighted by Gasteiger charge is -2.57. The van der Waals surface area contributed by atoms with Gasteiger partial charge in [-0.25, -0.2) is 4.79 Å². The van der Waals surface area contributed by atoms with Crippen molar-refractivity contribution in [3.8, 4) is 16.9 Å².